The Morgan fingerprint density at radius 2 is 1.81 bits per heavy atom. The number of nitrogen functional groups attached to an aromatic ring is 1. The number of alkyl halides is 3. The highest BCUT2D eigenvalue weighted by Crippen LogP contribution is 2.46. The fraction of sp³-hybridized carbons (Fsp3) is 0.429. The lowest BCUT2D eigenvalue weighted by Gasteiger charge is -2.38. The number of piperazine rings is 1. The van der Waals surface area contributed by atoms with E-state index in [2.05, 4.69) is 20.3 Å². The fourth-order valence-corrected chi connectivity index (χ4v) is 7.04. The Morgan fingerprint density at radius 3 is 2.49 bits per heavy atom. The summed E-state index contributed by atoms with van der Waals surface area (Å²) in [6, 6.07) is 2.96. The van der Waals surface area contributed by atoms with Gasteiger partial charge in [0, 0.05) is 67.6 Å². The number of hydrogen-bond acceptors (Lipinski definition) is 9. The van der Waals surface area contributed by atoms with Crippen molar-refractivity contribution in [2.75, 3.05) is 43.4 Å². The molecule has 7 rings (SSSR count). The first-order valence-corrected chi connectivity index (χ1v) is 14.6. The Bertz CT molecular complexity index is 1760. The highest BCUT2D eigenvalue weighted by molar-refractivity contribution is 7.22. The molecule has 2 aromatic carbocycles. The highest BCUT2D eigenvalue weighted by atomic mass is 32.1. The van der Waals surface area contributed by atoms with Crippen LogP contribution in [-0.2, 0) is 11.0 Å². The van der Waals surface area contributed by atoms with E-state index in [9.17, 15) is 22.4 Å². The van der Waals surface area contributed by atoms with Gasteiger partial charge in [-0.1, -0.05) is 11.3 Å². The molecule has 3 fully saturated rings. The quantitative estimate of drug-likeness (QED) is 0.313. The molecule has 0 radical (unpaired) electrons. The highest BCUT2D eigenvalue weighted by Gasteiger charge is 2.40. The molecule has 0 spiro atoms. The summed E-state index contributed by atoms with van der Waals surface area (Å²) in [7, 11) is 0. The van der Waals surface area contributed by atoms with Gasteiger partial charge in [-0.25, -0.2) is 13.8 Å². The number of ether oxygens (including phenoxy) is 1. The third-order valence-electron chi connectivity index (χ3n) is 8.34. The van der Waals surface area contributed by atoms with E-state index in [1.165, 1.54) is 6.92 Å². The Balaban J connectivity index is 1.40. The van der Waals surface area contributed by atoms with Crippen molar-refractivity contribution < 1.29 is 31.5 Å². The number of rotatable bonds is 5. The summed E-state index contributed by atoms with van der Waals surface area (Å²) < 4.78 is 80.9. The molecule has 2 aromatic heterocycles. The van der Waals surface area contributed by atoms with Crippen LogP contribution in [0.1, 0.15) is 25.3 Å². The largest absolute Gasteiger partial charge is 0.463 e. The number of thiazole rings is 1. The zero-order chi connectivity index (χ0) is 30.2. The molecule has 3 aliphatic rings. The smallest absolute Gasteiger partial charge is 0.417 e. The first-order valence-electron chi connectivity index (χ1n) is 13.8. The number of halogens is 5. The zero-order valence-corrected chi connectivity index (χ0v) is 23.7. The summed E-state index contributed by atoms with van der Waals surface area (Å²) in [5.41, 5.74) is 2.93. The van der Waals surface area contributed by atoms with Crippen LogP contribution in [0.4, 0.5) is 32.9 Å². The molecule has 0 aliphatic carbocycles. The predicted octanol–water partition coefficient (Wildman–Crippen LogP) is 4.58. The molecule has 2 atom stereocenters. The molecule has 9 nitrogen and oxygen atoms in total. The van der Waals surface area contributed by atoms with Gasteiger partial charge in [0.2, 0.25) is 5.91 Å². The number of fused-ring (bicyclic) bond motifs is 4. The van der Waals surface area contributed by atoms with Gasteiger partial charge in [-0.3, -0.25) is 4.79 Å². The van der Waals surface area contributed by atoms with Crippen molar-refractivity contribution in [2.24, 2.45) is 5.92 Å². The van der Waals surface area contributed by atoms with Gasteiger partial charge < -0.3 is 25.6 Å². The average Bonchev–Trinajstić information content (AvgIpc) is 3.48. The molecule has 15 heteroatoms. The lowest BCUT2D eigenvalue weighted by Crippen LogP contribution is -2.51. The Hall–Kier alpha value is -3.85. The Morgan fingerprint density at radius 1 is 1.09 bits per heavy atom. The van der Waals surface area contributed by atoms with Crippen LogP contribution in [0.5, 0.6) is 6.01 Å². The molecule has 3 N–H and O–H groups in total. The number of likely N-dealkylation sites (tertiary alicyclic amines) is 1. The van der Waals surface area contributed by atoms with Crippen LogP contribution in [0.2, 0.25) is 0 Å². The van der Waals surface area contributed by atoms with Crippen molar-refractivity contribution in [3.63, 3.8) is 0 Å². The van der Waals surface area contributed by atoms with Gasteiger partial charge in [0.1, 0.15) is 17.2 Å². The number of nitrogens with one attached hydrogen (secondary N) is 1. The number of benzene rings is 2. The maximum atomic E-state index is 16.6. The topological polar surface area (TPSA) is 110 Å². The molecule has 3 aliphatic heterocycles. The van der Waals surface area contributed by atoms with E-state index in [-0.39, 0.29) is 74.2 Å². The average molecular weight is 620 g/mol. The van der Waals surface area contributed by atoms with Crippen molar-refractivity contribution in [1.29, 1.82) is 0 Å². The lowest BCUT2D eigenvalue weighted by molar-refractivity contribution is -0.137. The molecule has 4 aromatic rings. The number of nitrogens with two attached hydrogens (primary N) is 1. The summed E-state index contributed by atoms with van der Waals surface area (Å²) >= 11 is 0.764. The number of carbonyl (C=O) groups excluding carboxylic acids is 1. The number of nitrogens with zero attached hydrogens (tertiary/aromatic N) is 5. The van der Waals surface area contributed by atoms with Crippen molar-refractivity contribution in [2.45, 2.75) is 38.0 Å². The number of amides is 1. The number of hydrogen-bond donors (Lipinski definition) is 2. The second kappa shape index (κ2) is 10.1. The van der Waals surface area contributed by atoms with Gasteiger partial charge >= 0.3 is 12.2 Å². The van der Waals surface area contributed by atoms with Crippen molar-refractivity contribution >= 4 is 49.3 Å². The Labute approximate surface area is 245 Å². The van der Waals surface area contributed by atoms with Gasteiger partial charge in [-0.15, -0.1) is 0 Å². The normalized spacial score (nSPS) is 20.7. The standard InChI is InChI=1S/C28H26F5N7O2S/c1-12(41)39-7-13(8-39)11-42-27-37-22-17(25(38-27)40-9-14-2-3-15(10-40)35-14)6-18(28(31,32)33)20(21(22)30)16-4-5-19(29)24-23(16)36-26(34)43-24/h4-6,13-15,35H,2-3,7-11H2,1H3,(H2,34,36). The number of aromatic nitrogens is 3. The zero-order valence-electron chi connectivity index (χ0n) is 22.8. The van der Waals surface area contributed by atoms with Crippen LogP contribution < -0.4 is 20.7 Å². The molecule has 2 unspecified atom stereocenters. The molecule has 1 amide bonds. The molecule has 226 valence electrons. The van der Waals surface area contributed by atoms with E-state index < -0.39 is 28.9 Å². The van der Waals surface area contributed by atoms with E-state index in [0.717, 1.165) is 42.4 Å². The molecular formula is C28H26F5N7O2S. The summed E-state index contributed by atoms with van der Waals surface area (Å²) in [5.74, 6) is -1.87. The van der Waals surface area contributed by atoms with Gasteiger partial charge in [-0.2, -0.15) is 23.1 Å². The molecular weight excluding hydrogens is 593 g/mol. The van der Waals surface area contributed by atoms with Gasteiger partial charge in [0.05, 0.1) is 22.4 Å². The molecule has 0 saturated carbocycles. The minimum atomic E-state index is -4.98. The lowest BCUT2D eigenvalue weighted by atomic mass is 9.95. The summed E-state index contributed by atoms with van der Waals surface area (Å²) in [4.78, 5) is 27.9. The fourth-order valence-electron chi connectivity index (χ4n) is 6.27. The van der Waals surface area contributed by atoms with E-state index in [1.54, 1.807) is 4.90 Å². The van der Waals surface area contributed by atoms with Crippen molar-refractivity contribution in [3.05, 3.63) is 35.4 Å². The second-order valence-corrected chi connectivity index (χ2v) is 12.3. The molecule has 5 heterocycles. The van der Waals surface area contributed by atoms with E-state index in [0.29, 0.717) is 26.2 Å². The maximum Gasteiger partial charge on any atom is 0.417 e. The van der Waals surface area contributed by atoms with E-state index in [1.807, 2.05) is 4.90 Å². The van der Waals surface area contributed by atoms with E-state index in [4.69, 9.17) is 10.5 Å². The molecule has 43 heavy (non-hydrogen) atoms. The van der Waals surface area contributed by atoms with E-state index >= 15 is 4.39 Å². The summed E-state index contributed by atoms with van der Waals surface area (Å²) in [6.45, 7) is 3.54. The minimum absolute atomic E-state index is 0.0114. The molecule has 2 bridgehead atoms. The third kappa shape index (κ3) is 4.87. The first kappa shape index (κ1) is 28.0. The van der Waals surface area contributed by atoms with Crippen LogP contribution in [-0.4, -0.2) is 70.6 Å². The summed E-state index contributed by atoms with van der Waals surface area (Å²) in [6.07, 6.45) is -3.16. The van der Waals surface area contributed by atoms with Crippen LogP contribution in [0.15, 0.2) is 18.2 Å². The van der Waals surface area contributed by atoms with Gasteiger partial charge in [0.25, 0.3) is 0 Å². The van der Waals surface area contributed by atoms with Crippen LogP contribution in [0.25, 0.3) is 32.2 Å². The van der Waals surface area contributed by atoms with Gasteiger partial charge in [-0.05, 0) is 31.0 Å². The monoisotopic (exact) mass is 619 g/mol. The van der Waals surface area contributed by atoms with Crippen molar-refractivity contribution in [1.82, 2.24) is 25.2 Å². The summed E-state index contributed by atoms with van der Waals surface area (Å²) in [5, 5.41) is 3.30. The Kier molecular flexibility index (Phi) is 6.57. The maximum absolute atomic E-state index is 16.6. The second-order valence-electron chi connectivity index (χ2n) is 11.3. The minimum Gasteiger partial charge on any atom is -0.463 e. The first-order chi connectivity index (χ1) is 20.5. The SMILES string of the molecule is CC(=O)N1CC(COc2nc(N3CC4CCC(C3)N4)c3cc(C(F)(F)F)c(-c4ccc(F)c5sc(N)nc45)c(F)c3n2)C1. The van der Waals surface area contributed by atoms with Crippen LogP contribution >= 0.6 is 11.3 Å². The van der Waals surface area contributed by atoms with Gasteiger partial charge in [0.15, 0.2) is 10.9 Å². The number of anilines is 2. The van der Waals surface area contributed by atoms with Crippen molar-refractivity contribution in [3.8, 4) is 17.1 Å². The number of carbonyl (C=O) groups is 1. The predicted molar refractivity (Wildman–Crippen MR) is 151 cm³/mol. The van der Waals surface area contributed by atoms with Crippen LogP contribution in [0, 0.1) is 17.6 Å². The third-order valence-corrected chi connectivity index (χ3v) is 9.24. The molecule has 3 saturated heterocycles. The van der Waals surface area contributed by atoms with Crippen LogP contribution in [0.3, 0.4) is 0 Å².